The van der Waals surface area contributed by atoms with Gasteiger partial charge in [-0.25, -0.2) is 8.78 Å². The molecule has 12 fully saturated rings. The third-order valence-electron chi connectivity index (χ3n) is 27.0. The number of piperidine rings is 6. The van der Waals surface area contributed by atoms with Crippen molar-refractivity contribution in [1.29, 1.82) is 0 Å². The van der Waals surface area contributed by atoms with Crippen molar-refractivity contribution in [2.75, 3.05) is 206 Å². The summed E-state index contributed by atoms with van der Waals surface area (Å²) in [5.41, 5.74) is 3.79. The summed E-state index contributed by atoms with van der Waals surface area (Å²) >= 11 is 0. The number of hydrogen-bond donors (Lipinski definition) is 0. The van der Waals surface area contributed by atoms with Crippen LogP contribution in [0.1, 0.15) is 325 Å². The van der Waals surface area contributed by atoms with Crippen molar-refractivity contribution >= 4 is 5.78 Å². The Morgan fingerprint density at radius 1 is 0.391 bits per heavy atom. The van der Waals surface area contributed by atoms with E-state index in [1.54, 1.807) is 13.8 Å². The average molecular weight is 1630 g/mol. The van der Waals surface area contributed by atoms with Crippen molar-refractivity contribution in [3.63, 3.8) is 0 Å². The van der Waals surface area contributed by atoms with Crippen LogP contribution in [-0.4, -0.2) is 356 Å². The summed E-state index contributed by atoms with van der Waals surface area (Å²) in [4.78, 5) is 44.6. The van der Waals surface area contributed by atoms with Crippen LogP contribution < -0.4 is 0 Å². The number of hydrogen-bond acceptors (Lipinski definition) is 15. The fourth-order valence-electron chi connectivity index (χ4n) is 17.0. The number of ketones is 1. The highest BCUT2D eigenvalue weighted by molar-refractivity contribution is 5.77. The number of rotatable bonds is 4. The quantitative estimate of drug-likeness (QED) is 0.268. The van der Waals surface area contributed by atoms with Gasteiger partial charge >= 0.3 is 0 Å². The van der Waals surface area contributed by atoms with E-state index in [1.807, 2.05) is 20.9 Å². The van der Waals surface area contributed by atoms with Crippen LogP contribution in [0.25, 0.3) is 0 Å². The second-order valence-corrected chi connectivity index (χ2v) is 47.2. The number of piperazine rings is 4. The minimum atomic E-state index is -0.698. The lowest BCUT2D eigenvalue weighted by Crippen LogP contribution is -2.65. The molecule has 0 radical (unpaired) electrons. The zero-order valence-corrected chi connectivity index (χ0v) is 85.1. The van der Waals surface area contributed by atoms with Crippen LogP contribution in [-0.2, 0) is 4.79 Å². The largest absolute Gasteiger partial charge is 0.307 e. The lowest BCUT2D eigenvalue weighted by Gasteiger charge is -2.55. The fourth-order valence-corrected chi connectivity index (χ4v) is 17.0. The molecule has 17 heteroatoms. The molecule has 688 valence electrons. The second-order valence-electron chi connectivity index (χ2n) is 47.2. The summed E-state index contributed by atoms with van der Waals surface area (Å²) in [5.74, 6) is 1.66. The highest BCUT2D eigenvalue weighted by Crippen LogP contribution is 2.45. The molecule has 12 aliphatic rings. The molecular formula is C98H206F2N14O. The van der Waals surface area contributed by atoms with Crippen molar-refractivity contribution in [3.05, 3.63) is 0 Å². The van der Waals surface area contributed by atoms with E-state index in [1.165, 1.54) is 201 Å². The summed E-state index contributed by atoms with van der Waals surface area (Å²) < 4.78 is 26.3. The Balaban J connectivity index is 0.000000637. The van der Waals surface area contributed by atoms with Crippen LogP contribution in [0, 0.1) is 28.6 Å². The molecule has 1 spiro atoms. The molecular weight excluding hydrogens is 1430 g/mol. The van der Waals surface area contributed by atoms with Crippen molar-refractivity contribution in [3.8, 4) is 0 Å². The SMILES string of the molecule is CC(=O)C(C)C.CC(C)(C)N1CCCC1.CC(C)(C)N1CCCCC1.CC(C)(C)N1CCCCC1.CC(C)N(C)C.CC(F)CN1CCN(C(C)(C)C)CC1.CN1CC2CCC1CN2C(C)(C)C.CN1CCC(C(C)(C)C)C(F)C1.CN1CCC(C(C)(C)C)CC1.CN1CCN(C(C)(C)C)CC1.CN1CCN(C(C)(C)C)CC12CC2. The van der Waals surface area contributed by atoms with Gasteiger partial charge in [0.2, 0.25) is 0 Å². The van der Waals surface area contributed by atoms with Crippen LogP contribution in [0.4, 0.5) is 8.78 Å². The molecule has 0 N–H and O–H groups in total. The monoisotopic (exact) mass is 1630 g/mol. The van der Waals surface area contributed by atoms with Crippen LogP contribution in [0.2, 0.25) is 0 Å². The maximum Gasteiger partial charge on any atom is 0.132 e. The molecule has 5 atom stereocenters. The predicted molar refractivity (Wildman–Crippen MR) is 504 cm³/mol. The van der Waals surface area contributed by atoms with E-state index in [9.17, 15) is 13.6 Å². The number of carbonyl (C=O) groups excluding carboxylic acids is 1. The predicted octanol–water partition coefficient (Wildman–Crippen LogP) is 19.2. The van der Waals surface area contributed by atoms with Gasteiger partial charge in [0, 0.05) is 167 Å². The van der Waals surface area contributed by atoms with Gasteiger partial charge in [0.1, 0.15) is 18.1 Å². The van der Waals surface area contributed by atoms with E-state index in [4.69, 9.17) is 0 Å². The minimum absolute atomic E-state index is 0.126. The van der Waals surface area contributed by atoms with Gasteiger partial charge in [0.15, 0.2) is 0 Å². The van der Waals surface area contributed by atoms with Crippen LogP contribution in [0.15, 0.2) is 0 Å². The van der Waals surface area contributed by atoms with E-state index in [2.05, 4.69) is 312 Å². The molecule has 0 aromatic heterocycles. The van der Waals surface area contributed by atoms with Crippen molar-refractivity contribution in [2.45, 2.75) is 400 Å². The standard InChI is InChI=1S/C11H23FN2.2C11H22N2.C10H20FN.C10H21N.C9H20N2.2C9H19N.C8H17N.C5H13N.C5H10O/c1-10(12)9-13-5-7-14(8-6-13)11(2,3)4;1-11(2,3)13-8-9-5-6-10(13)7-12(9)4;1-10(2,3)13-8-7-12(4)11(9-13)5-6-11;1-10(2,3)8-5-6-12(4)7-9(8)11;1-10(2,3)9-5-7-11(4)8-6-9;1-9(2,3)11-7-5-10(4)6-8-11;2*1-9(2,3)10-7-5-4-6-8-10;1-8(2,3)9-6-4-5-7-9;1-5(2)6(3)4;1-4(2)5(3)6/h10H,5-9H2,1-4H3;9-10H,5-8H2,1-4H3;5-9H2,1-4H3;8-9H,5-7H2,1-4H3;9H,5-8H2,1-4H3;5-8H2,1-4H3;2*4-8H2,1-3H3;4-7H2,1-3H3;5H,1-4H3;4H,1-3H3. The highest BCUT2D eigenvalue weighted by atomic mass is 19.1. The molecule has 11 aliphatic heterocycles. The van der Waals surface area contributed by atoms with Crippen molar-refractivity contribution < 1.29 is 13.6 Å². The maximum absolute atomic E-state index is 13.6. The fraction of sp³-hybridized carbons (Fsp3) is 0.990. The molecule has 12 rings (SSSR count). The van der Waals surface area contributed by atoms with Crippen molar-refractivity contribution in [2.24, 2.45) is 28.6 Å². The Labute approximate surface area is 718 Å². The normalized spacial score (nSPS) is 25.4. The van der Waals surface area contributed by atoms with Gasteiger partial charge in [-0.1, -0.05) is 68.2 Å². The Kier molecular flexibility index (Phi) is 49.5. The van der Waals surface area contributed by atoms with Crippen LogP contribution >= 0.6 is 0 Å². The molecule has 0 aromatic rings. The van der Waals surface area contributed by atoms with Crippen LogP contribution in [0.5, 0.6) is 0 Å². The number of nitrogens with zero attached hydrogens (tertiary/aromatic N) is 14. The topological polar surface area (TPSA) is 62.4 Å². The number of likely N-dealkylation sites (N-methyl/N-ethyl adjacent to an activating group) is 3. The maximum atomic E-state index is 13.6. The van der Waals surface area contributed by atoms with E-state index in [-0.39, 0.29) is 28.6 Å². The van der Waals surface area contributed by atoms with E-state index in [0.717, 1.165) is 57.1 Å². The van der Waals surface area contributed by atoms with Gasteiger partial charge in [0.25, 0.3) is 0 Å². The number of Topliss-reactive ketones (excluding diaryl/α,β-unsaturated/α-hetero) is 1. The van der Waals surface area contributed by atoms with E-state index < -0.39 is 12.3 Å². The van der Waals surface area contributed by atoms with Gasteiger partial charge in [0.05, 0.1) is 0 Å². The van der Waals surface area contributed by atoms with Gasteiger partial charge < -0.3 is 24.5 Å². The first kappa shape index (κ1) is 112. The smallest absolute Gasteiger partial charge is 0.132 e. The first-order valence-corrected chi connectivity index (χ1v) is 47.2. The Bertz CT molecular complexity index is 2410. The lowest BCUT2D eigenvalue weighted by molar-refractivity contribution is -0.119. The van der Waals surface area contributed by atoms with Crippen LogP contribution in [0.3, 0.4) is 0 Å². The highest BCUT2D eigenvalue weighted by Gasteiger charge is 2.51. The van der Waals surface area contributed by atoms with Gasteiger partial charge in [-0.05, 0) is 387 Å². The molecule has 5 unspecified atom stereocenters. The Hall–Kier alpha value is -1.03. The molecule has 11 saturated heterocycles. The zero-order valence-electron chi connectivity index (χ0n) is 85.1. The molecule has 0 amide bonds. The second kappa shape index (κ2) is 50.8. The summed E-state index contributed by atoms with van der Waals surface area (Å²) in [7, 11) is 15.1. The summed E-state index contributed by atoms with van der Waals surface area (Å²) in [6, 6.07) is 2.32. The minimum Gasteiger partial charge on any atom is -0.307 e. The molecule has 1 saturated carbocycles. The van der Waals surface area contributed by atoms with Crippen molar-refractivity contribution in [1.82, 2.24) is 68.6 Å². The Morgan fingerprint density at radius 2 is 0.722 bits per heavy atom. The van der Waals surface area contributed by atoms with Gasteiger partial charge in [-0.2, -0.15) is 0 Å². The van der Waals surface area contributed by atoms with Gasteiger partial charge in [-0.3, -0.25) is 48.9 Å². The average Bonchev–Trinajstić information content (AvgIpc) is 1.64. The summed E-state index contributed by atoms with van der Waals surface area (Å²) in [6.45, 7) is 101. The van der Waals surface area contributed by atoms with Gasteiger partial charge in [-0.15, -0.1) is 0 Å². The lowest BCUT2D eigenvalue weighted by atomic mass is 9.74. The van der Waals surface area contributed by atoms with E-state index in [0.29, 0.717) is 63.3 Å². The first-order valence-electron chi connectivity index (χ1n) is 47.2. The molecule has 11 heterocycles. The molecule has 0 aromatic carbocycles. The number of carbonyl (C=O) groups is 1. The molecule has 115 heavy (non-hydrogen) atoms. The van der Waals surface area contributed by atoms with E-state index >= 15 is 0 Å². The first-order chi connectivity index (χ1) is 52.3. The zero-order chi connectivity index (χ0) is 88.9. The number of alkyl halides is 2. The number of likely N-dealkylation sites (tertiary alicyclic amines) is 5. The summed E-state index contributed by atoms with van der Waals surface area (Å²) in [5, 5.41) is 0. The third kappa shape index (κ3) is 46.5. The number of halogens is 2. The third-order valence-corrected chi connectivity index (χ3v) is 27.0. The number of fused-ring (bicyclic) bond motifs is 3. The molecule has 2 bridgehead atoms. The molecule has 1 aliphatic carbocycles. The summed E-state index contributed by atoms with van der Waals surface area (Å²) in [6.07, 6.45) is 19.4. The molecule has 15 nitrogen and oxygen atoms in total. The Morgan fingerprint density at radius 3 is 1.00 bits per heavy atom.